The predicted molar refractivity (Wildman–Crippen MR) is 158 cm³/mol. The van der Waals surface area contributed by atoms with E-state index in [-0.39, 0.29) is 13.2 Å². The number of alkyl halides is 3. The van der Waals surface area contributed by atoms with E-state index in [4.69, 9.17) is 16.3 Å². The molecule has 234 valence electrons. The van der Waals surface area contributed by atoms with E-state index in [2.05, 4.69) is 25.3 Å². The highest BCUT2D eigenvalue weighted by Gasteiger charge is 2.43. The molecule has 1 aliphatic rings. The summed E-state index contributed by atoms with van der Waals surface area (Å²) in [4.78, 5) is 58.0. The van der Waals surface area contributed by atoms with E-state index in [0.29, 0.717) is 16.4 Å². The number of hydrogen-bond acceptors (Lipinski definition) is 9. The minimum absolute atomic E-state index is 0.0657. The molecule has 2 unspecified atom stereocenters. The zero-order valence-electron chi connectivity index (χ0n) is 23.4. The molecule has 0 bridgehead atoms. The van der Waals surface area contributed by atoms with Gasteiger partial charge in [0.1, 0.15) is 12.4 Å². The van der Waals surface area contributed by atoms with Crippen molar-refractivity contribution < 1.29 is 41.8 Å². The molecule has 0 spiro atoms. The number of allylic oxidation sites excluding steroid dienone is 1. The lowest BCUT2D eigenvalue weighted by Gasteiger charge is -2.24. The van der Waals surface area contributed by atoms with Gasteiger partial charge < -0.3 is 20.1 Å². The van der Waals surface area contributed by atoms with Crippen molar-refractivity contribution in [1.29, 1.82) is 0 Å². The molecule has 2 atom stereocenters. The summed E-state index contributed by atoms with van der Waals surface area (Å²) in [6, 6.07) is 17.4. The number of carbonyl (C=O) groups is 4. The molecule has 0 radical (unpaired) electrons. The summed E-state index contributed by atoms with van der Waals surface area (Å²) < 4.78 is 47.3. The molecule has 1 amide bonds. The molecule has 3 aromatic rings. The molecule has 0 aliphatic carbocycles. The Labute approximate surface area is 260 Å². The van der Waals surface area contributed by atoms with Crippen LogP contribution in [0, 0.1) is 0 Å². The van der Waals surface area contributed by atoms with Crippen LogP contribution in [0.1, 0.15) is 24.4 Å². The number of esters is 3. The first-order valence-corrected chi connectivity index (χ1v) is 13.9. The number of amides is 1. The minimum Gasteiger partial charge on any atom is -0.462 e. The second-order valence-electron chi connectivity index (χ2n) is 9.73. The summed E-state index contributed by atoms with van der Waals surface area (Å²) in [7, 11) is 0. The van der Waals surface area contributed by atoms with Crippen molar-refractivity contribution in [2.75, 3.05) is 18.5 Å². The molecule has 2 heterocycles. The Bertz CT molecular complexity index is 1570. The lowest BCUT2D eigenvalue weighted by Crippen LogP contribution is -2.42. The normalized spacial score (nSPS) is 16.1. The second kappa shape index (κ2) is 14.6. The highest BCUT2D eigenvalue weighted by atomic mass is 35.5. The number of halogens is 4. The standard InChI is InChI=1S/C31H26ClF3N4O6/c32-23-11-9-21(10-12-23)20-5-7-22(8-6-20)24(18-27(41)45-29(43)31(33,34)35)39-26(40)19-30(13-3-15-38-30)28(42)44-17-16-37-25-4-1-2-14-36-25/h1-15,24H,16-19H2,(H,36,37)(H,39,40). The van der Waals surface area contributed by atoms with Crippen LogP contribution >= 0.6 is 11.6 Å². The zero-order chi connectivity index (χ0) is 32.5. The average molecular weight is 643 g/mol. The number of benzene rings is 2. The fourth-order valence-corrected chi connectivity index (χ4v) is 4.42. The van der Waals surface area contributed by atoms with Gasteiger partial charge in [-0.15, -0.1) is 0 Å². The maximum atomic E-state index is 13.2. The lowest BCUT2D eigenvalue weighted by atomic mass is 9.95. The molecule has 1 aliphatic heterocycles. The third kappa shape index (κ3) is 9.22. The van der Waals surface area contributed by atoms with Crippen molar-refractivity contribution in [3.63, 3.8) is 0 Å². The molecule has 45 heavy (non-hydrogen) atoms. The van der Waals surface area contributed by atoms with Gasteiger partial charge in [-0.2, -0.15) is 13.2 Å². The van der Waals surface area contributed by atoms with E-state index < -0.39 is 54.4 Å². The summed E-state index contributed by atoms with van der Waals surface area (Å²) in [5.41, 5.74) is 0.175. The average Bonchev–Trinajstić information content (AvgIpc) is 3.49. The monoisotopic (exact) mass is 642 g/mol. The van der Waals surface area contributed by atoms with Gasteiger partial charge in [-0.25, -0.2) is 14.6 Å². The number of nitrogens with zero attached hydrogens (tertiary/aromatic N) is 2. The molecular weight excluding hydrogens is 617 g/mol. The Morgan fingerprint density at radius 1 is 0.956 bits per heavy atom. The highest BCUT2D eigenvalue weighted by molar-refractivity contribution is 6.30. The number of ether oxygens (including phenoxy) is 2. The summed E-state index contributed by atoms with van der Waals surface area (Å²) in [6.07, 6.45) is -0.975. The third-order valence-electron chi connectivity index (χ3n) is 6.49. The Morgan fingerprint density at radius 3 is 2.24 bits per heavy atom. The van der Waals surface area contributed by atoms with Crippen LogP contribution < -0.4 is 10.6 Å². The van der Waals surface area contributed by atoms with E-state index in [1.807, 2.05) is 0 Å². The van der Waals surface area contributed by atoms with Crippen LogP contribution in [-0.4, -0.2) is 59.9 Å². The van der Waals surface area contributed by atoms with Crippen molar-refractivity contribution in [2.45, 2.75) is 30.6 Å². The summed E-state index contributed by atoms with van der Waals surface area (Å²) in [6.45, 7) is 0.162. The van der Waals surface area contributed by atoms with E-state index in [9.17, 15) is 32.3 Å². The predicted octanol–water partition coefficient (Wildman–Crippen LogP) is 5.01. The number of anilines is 1. The maximum absolute atomic E-state index is 13.2. The number of hydrogen-bond donors (Lipinski definition) is 2. The van der Waals surface area contributed by atoms with Crippen LogP contribution in [0.2, 0.25) is 5.02 Å². The Hall–Kier alpha value is -5.04. The number of aliphatic imine (C=N–C) groups is 1. The summed E-state index contributed by atoms with van der Waals surface area (Å²) >= 11 is 5.95. The van der Waals surface area contributed by atoms with E-state index in [0.717, 1.165) is 11.1 Å². The van der Waals surface area contributed by atoms with Gasteiger partial charge in [-0.05, 0) is 53.1 Å². The Balaban J connectivity index is 1.45. The molecule has 2 N–H and O–H groups in total. The van der Waals surface area contributed by atoms with Gasteiger partial charge in [0, 0.05) is 17.4 Å². The second-order valence-corrected chi connectivity index (χ2v) is 10.2. The quantitative estimate of drug-likeness (QED) is 0.160. The molecule has 0 fully saturated rings. The fourth-order valence-electron chi connectivity index (χ4n) is 4.30. The molecule has 1 aromatic heterocycles. The largest absolute Gasteiger partial charge is 0.491 e. The van der Waals surface area contributed by atoms with Crippen molar-refractivity contribution >= 4 is 47.4 Å². The number of aromatic nitrogens is 1. The SMILES string of the molecule is O=C(CC1(C(=O)OCCNc2ccccn2)C=CC=N1)NC(CC(=O)OC(=O)C(F)(F)F)c1ccc(-c2ccc(Cl)cc2)cc1. The molecule has 0 saturated heterocycles. The molecule has 4 rings (SSSR count). The van der Waals surface area contributed by atoms with Gasteiger partial charge in [-0.1, -0.05) is 54.1 Å². The number of carbonyl (C=O) groups excluding carboxylic acids is 4. The molecule has 2 aromatic carbocycles. The van der Waals surface area contributed by atoms with Crippen molar-refractivity contribution in [1.82, 2.24) is 10.3 Å². The smallest absolute Gasteiger partial charge is 0.462 e. The third-order valence-corrected chi connectivity index (χ3v) is 6.74. The highest BCUT2D eigenvalue weighted by Crippen LogP contribution is 2.28. The van der Waals surface area contributed by atoms with Crippen LogP contribution in [0.3, 0.4) is 0 Å². The van der Waals surface area contributed by atoms with Crippen molar-refractivity contribution in [3.8, 4) is 11.1 Å². The maximum Gasteiger partial charge on any atom is 0.491 e. The number of rotatable bonds is 12. The van der Waals surface area contributed by atoms with Gasteiger partial charge in [0.25, 0.3) is 0 Å². The van der Waals surface area contributed by atoms with E-state index >= 15 is 0 Å². The first kappa shape index (κ1) is 32.9. The molecule has 10 nitrogen and oxygen atoms in total. The van der Waals surface area contributed by atoms with Crippen molar-refractivity contribution in [3.05, 3.63) is 95.7 Å². The molecular formula is C31H26ClF3N4O6. The molecule has 0 saturated carbocycles. The first-order valence-electron chi connectivity index (χ1n) is 13.5. The molecule has 14 heteroatoms. The van der Waals surface area contributed by atoms with E-state index in [1.54, 1.807) is 72.9 Å². The Kier molecular flexibility index (Phi) is 10.7. The van der Waals surface area contributed by atoms with Crippen LogP contribution in [-0.2, 0) is 28.7 Å². The van der Waals surface area contributed by atoms with Crippen LogP contribution in [0.4, 0.5) is 19.0 Å². The van der Waals surface area contributed by atoms with Gasteiger partial charge in [0.15, 0.2) is 5.54 Å². The van der Waals surface area contributed by atoms with Gasteiger partial charge in [0.2, 0.25) is 5.91 Å². The Morgan fingerprint density at radius 2 is 1.64 bits per heavy atom. The fraction of sp³-hybridized carbons (Fsp3) is 0.226. The minimum atomic E-state index is -5.39. The lowest BCUT2D eigenvalue weighted by molar-refractivity contribution is -0.202. The summed E-state index contributed by atoms with van der Waals surface area (Å²) in [5.74, 6) is -5.21. The van der Waals surface area contributed by atoms with Gasteiger partial charge in [0.05, 0.1) is 25.4 Å². The van der Waals surface area contributed by atoms with Crippen molar-refractivity contribution in [2.24, 2.45) is 4.99 Å². The van der Waals surface area contributed by atoms with E-state index in [1.165, 1.54) is 18.4 Å². The first-order chi connectivity index (χ1) is 21.4. The number of nitrogens with one attached hydrogen (secondary N) is 2. The van der Waals surface area contributed by atoms with Gasteiger partial charge in [-0.3, -0.25) is 14.6 Å². The van der Waals surface area contributed by atoms with Crippen LogP contribution in [0.25, 0.3) is 11.1 Å². The number of pyridine rings is 1. The van der Waals surface area contributed by atoms with Crippen LogP contribution in [0.5, 0.6) is 0 Å². The summed E-state index contributed by atoms with van der Waals surface area (Å²) in [5, 5.41) is 6.07. The van der Waals surface area contributed by atoms with Gasteiger partial charge >= 0.3 is 24.1 Å². The topological polar surface area (TPSA) is 136 Å². The van der Waals surface area contributed by atoms with Crippen LogP contribution in [0.15, 0.2) is 90.1 Å². The zero-order valence-corrected chi connectivity index (χ0v) is 24.2.